The van der Waals surface area contributed by atoms with E-state index < -0.39 is 28.1 Å². The van der Waals surface area contributed by atoms with Crippen LogP contribution in [0.2, 0.25) is 25.7 Å². The van der Waals surface area contributed by atoms with E-state index in [9.17, 15) is 16.8 Å². The lowest BCUT2D eigenvalue weighted by Crippen LogP contribution is -2.45. The van der Waals surface area contributed by atoms with Crippen LogP contribution in [0.25, 0.3) is 0 Å². The molecule has 0 bridgehead atoms. The van der Waals surface area contributed by atoms with E-state index in [1.807, 2.05) is 47.2 Å². The molecule has 4 N–H and O–H groups in total. The first kappa shape index (κ1) is 54.3. The maximum atomic E-state index is 13.0. The summed E-state index contributed by atoms with van der Waals surface area (Å²) < 4.78 is 62.1. The lowest BCUT2D eigenvalue weighted by Gasteiger charge is -2.34. The highest BCUT2D eigenvalue weighted by molar-refractivity contribution is 9.10. The van der Waals surface area contributed by atoms with Gasteiger partial charge in [-0.25, -0.2) is 26.6 Å². The fraction of sp³-hybridized carbons (Fsp3) is 0.636. The molecular weight excluding hydrogens is 949 g/mol. The van der Waals surface area contributed by atoms with E-state index in [1.165, 1.54) is 24.4 Å². The molecule has 0 unspecified atom stereocenters. The number of aromatic nitrogens is 6. The topological polar surface area (TPSA) is 201 Å². The monoisotopic (exact) mass is 1020 g/mol. The zero-order valence-electron chi connectivity index (χ0n) is 40.9. The average molecular weight is 1020 g/mol. The van der Waals surface area contributed by atoms with Crippen molar-refractivity contribution >= 4 is 61.4 Å². The number of benzene rings is 2. The first-order chi connectivity index (χ1) is 30.3. The quantitative estimate of drug-likeness (QED) is 0.0603. The number of anilines is 3. The van der Waals surface area contributed by atoms with Crippen LogP contribution in [0.5, 0.6) is 0 Å². The van der Waals surface area contributed by atoms with Gasteiger partial charge in [0.2, 0.25) is 10.7 Å². The molecular formula is C44H75BrN12O5S2Si. The second-order valence-corrected chi connectivity index (χ2v) is 29.3. The molecule has 65 heavy (non-hydrogen) atoms. The largest absolute Gasteiger partial charge is 0.398 e. The smallest absolute Gasteiger partial charge is 0.278 e. The Kier molecular flexibility index (Phi) is 19.8. The standard InChI is InChI=1S/C19H30N6O2S.C15H30BrN5O3SSi.C10H15N/c1-13(2)16-7-6-14(3)12-17(16)20-18-21-19(23-22-18)28(26,27)25-10-8-15(9-11-25)24(4)5;1-19(2)13-6-8-20(9-7-13)25(22,23)15-17-14(16)18-21(15)12-24-10-11-26(3,4)5;1-7(2)9-5-4-8(3)6-10(9)11/h6-7,12-13,15H,8-11H2,1-5H3,(H2,20,21,22,23);13H,6-12H2,1-5H3;4-7H,11H2,1-3H3. The first-order valence-electron chi connectivity index (χ1n) is 22.5. The Morgan fingerprint density at radius 2 is 1.32 bits per heavy atom. The number of hydrogen-bond acceptors (Lipinski definition) is 13. The predicted molar refractivity (Wildman–Crippen MR) is 267 cm³/mol. The normalized spacial score (nSPS) is 16.2. The minimum absolute atomic E-state index is 0.0549. The molecule has 2 aromatic carbocycles. The van der Waals surface area contributed by atoms with Gasteiger partial charge in [-0.15, -0.1) is 10.2 Å². The number of nitrogen functional groups attached to an aromatic ring is 1. The van der Waals surface area contributed by atoms with E-state index in [2.05, 4.69) is 135 Å². The highest BCUT2D eigenvalue weighted by atomic mass is 79.9. The number of sulfonamides is 2. The molecule has 21 heteroatoms. The zero-order valence-corrected chi connectivity index (χ0v) is 45.1. The van der Waals surface area contributed by atoms with Crippen molar-refractivity contribution in [1.82, 2.24) is 48.4 Å². The van der Waals surface area contributed by atoms with Crippen molar-refractivity contribution in [3.8, 4) is 0 Å². The van der Waals surface area contributed by atoms with E-state index in [0.717, 1.165) is 54.2 Å². The number of hydrogen-bond donors (Lipinski definition) is 3. The second kappa shape index (κ2) is 23.6. The van der Waals surface area contributed by atoms with Gasteiger partial charge in [-0.1, -0.05) is 71.6 Å². The van der Waals surface area contributed by atoms with Crippen LogP contribution in [0.4, 0.5) is 17.3 Å². The van der Waals surface area contributed by atoms with E-state index >= 15 is 0 Å². The number of nitrogens with zero attached hydrogens (tertiary/aromatic N) is 9. The van der Waals surface area contributed by atoms with E-state index in [0.29, 0.717) is 56.7 Å². The SMILES string of the molecule is CN(C)C1CCN(S(=O)(=O)c2nc(Br)nn2COCC[Si](C)(C)C)CC1.Cc1ccc(C(C)C)c(N)c1.Cc1ccc(C(C)C)c(Nc2n[nH]c(S(=O)(=O)N3CCC(N(C)C)CC3)n2)c1. The van der Waals surface area contributed by atoms with Crippen molar-refractivity contribution in [3.63, 3.8) is 0 Å². The Morgan fingerprint density at radius 1 is 0.815 bits per heavy atom. The fourth-order valence-corrected chi connectivity index (χ4v) is 11.6. The van der Waals surface area contributed by atoms with Crippen LogP contribution in [0.15, 0.2) is 51.4 Å². The summed E-state index contributed by atoms with van der Waals surface area (Å²) in [6, 6.07) is 14.2. The minimum atomic E-state index is -3.68. The number of ether oxygens (including phenoxy) is 1. The number of nitrogens with two attached hydrogens (primary N) is 1. The molecule has 0 aliphatic carbocycles. The molecule has 2 aliphatic heterocycles. The Bertz CT molecular complexity index is 2350. The highest BCUT2D eigenvalue weighted by Crippen LogP contribution is 2.29. The molecule has 0 atom stereocenters. The number of nitrogens with one attached hydrogen (secondary N) is 2. The summed E-state index contributed by atoms with van der Waals surface area (Å²) in [6.07, 6.45) is 3.25. The van der Waals surface area contributed by atoms with Crippen molar-refractivity contribution in [2.24, 2.45) is 0 Å². The van der Waals surface area contributed by atoms with Crippen molar-refractivity contribution in [1.29, 1.82) is 0 Å². The number of rotatable bonds is 15. The molecule has 2 aromatic heterocycles. The van der Waals surface area contributed by atoms with Gasteiger partial charge in [-0.05, 0) is 136 Å². The van der Waals surface area contributed by atoms with Crippen LogP contribution in [-0.2, 0) is 31.5 Å². The van der Waals surface area contributed by atoms with Crippen molar-refractivity contribution in [2.75, 3.05) is 72.0 Å². The zero-order chi connectivity index (χ0) is 48.4. The van der Waals surface area contributed by atoms with Gasteiger partial charge in [0.05, 0.1) is 0 Å². The predicted octanol–water partition coefficient (Wildman–Crippen LogP) is 7.46. The Labute approximate surface area is 398 Å². The summed E-state index contributed by atoms with van der Waals surface area (Å²) in [5.41, 5.74) is 12.3. The van der Waals surface area contributed by atoms with E-state index in [-0.39, 0.29) is 27.7 Å². The minimum Gasteiger partial charge on any atom is -0.398 e. The molecule has 0 saturated carbocycles. The maximum absolute atomic E-state index is 13.0. The molecule has 2 fully saturated rings. The Balaban J connectivity index is 0.000000232. The van der Waals surface area contributed by atoms with E-state index in [4.69, 9.17) is 10.5 Å². The first-order valence-corrected chi connectivity index (χ1v) is 29.8. The molecule has 0 spiro atoms. The number of H-pyrrole nitrogens is 1. The molecule has 0 radical (unpaired) electrons. The van der Waals surface area contributed by atoms with Crippen LogP contribution < -0.4 is 11.1 Å². The summed E-state index contributed by atoms with van der Waals surface area (Å²) in [5, 5.41) is 13.8. The molecule has 4 heterocycles. The summed E-state index contributed by atoms with van der Waals surface area (Å²) in [5.74, 6) is 1.10. The molecule has 2 aliphatic rings. The van der Waals surface area contributed by atoms with Crippen LogP contribution in [-0.4, -0.2) is 146 Å². The van der Waals surface area contributed by atoms with Crippen molar-refractivity contribution < 1.29 is 21.6 Å². The molecule has 4 aromatic rings. The lowest BCUT2D eigenvalue weighted by atomic mass is 9.99. The number of aromatic amines is 1. The lowest BCUT2D eigenvalue weighted by molar-refractivity contribution is 0.0708. The maximum Gasteiger partial charge on any atom is 0.278 e. The number of halogens is 1. The Morgan fingerprint density at radius 3 is 1.82 bits per heavy atom. The van der Waals surface area contributed by atoms with Gasteiger partial charge in [0.15, 0.2) is 0 Å². The summed E-state index contributed by atoms with van der Waals surface area (Å²) >= 11 is 3.19. The Hall–Kier alpha value is -3.28. The number of aryl methyl sites for hydroxylation is 2. The van der Waals surface area contributed by atoms with Gasteiger partial charge < -0.3 is 25.6 Å². The van der Waals surface area contributed by atoms with Gasteiger partial charge >= 0.3 is 0 Å². The molecule has 17 nitrogen and oxygen atoms in total. The fourth-order valence-electron chi connectivity index (χ4n) is 7.58. The van der Waals surface area contributed by atoms with Crippen LogP contribution in [0.3, 0.4) is 0 Å². The van der Waals surface area contributed by atoms with Gasteiger partial charge in [0.25, 0.3) is 30.4 Å². The summed E-state index contributed by atoms with van der Waals surface area (Å²) in [7, 11) is -0.437. The van der Waals surface area contributed by atoms with Gasteiger partial charge in [0.1, 0.15) is 6.73 Å². The third-order valence-corrected chi connectivity index (χ3v) is 17.3. The summed E-state index contributed by atoms with van der Waals surface area (Å²) in [6.45, 7) is 22.1. The third-order valence-electron chi connectivity index (χ3n) is 11.7. The van der Waals surface area contributed by atoms with Crippen molar-refractivity contribution in [2.45, 2.75) is 134 Å². The van der Waals surface area contributed by atoms with Gasteiger partial charge in [-0.3, -0.25) is 0 Å². The van der Waals surface area contributed by atoms with Crippen LogP contribution >= 0.6 is 15.9 Å². The van der Waals surface area contributed by atoms with Crippen molar-refractivity contribution in [3.05, 3.63) is 63.4 Å². The van der Waals surface area contributed by atoms with Gasteiger partial charge in [0, 0.05) is 64.3 Å². The summed E-state index contributed by atoms with van der Waals surface area (Å²) in [4.78, 5) is 12.6. The molecule has 2 saturated heterocycles. The molecule has 6 rings (SSSR count). The number of piperidine rings is 2. The van der Waals surface area contributed by atoms with Crippen LogP contribution in [0.1, 0.15) is 87.5 Å². The van der Waals surface area contributed by atoms with Crippen LogP contribution in [0, 0.1) is 13.8 Å². The van der Waals surface area contributed by atoms with E-state index in [1.54, 1.807) is 0 Å². The molecule has 364 valence electrons. The van der Waals surface area contributed by atoms with Gasteiger partial charge in [-0.2, -0.15) is 18.6 Å². The highest BCUT2D eigenvalue weighted by Gasteiger charge is 2.35. The third kappa shape index (κ3) is 15.6. The molecule has 0 amide bonds. The average Bonchev–Trinajstić information content (AvgIpc) is 3.86. The second-order valence-electron chi connectivity index (χ2n) is 19.3.